The van der Waals surface area contributed by atoms with Gasteiger partial charge in [0, 0.05) is 17.8 Å². The predicted octanol–water partition coefficient (Wildman–Crippen LogP) is 3.37. The predicted molar refractivity (Wildman–Crippen MR) is 125 cm³/mol. The highest BCUT2D eigenvalue weighted by Crippen LogP contribution is 2.41. The molecule has 9 heteroatoms. The first-order valence-corrected chi connectivity index (χ1v) is 12.0. The maximum atomic E-state index is 13.6. The van der Waals surface area contributed by atoms with Crippen molar-refractivity contribution in [3.63, 3.8) is 0 Å². The fourth-order valence-electron chi connectivity index (χ4n) is 4.04. The van der Waals surface area contributed by atoms with Crippen LogP contribution in [0.5, 0.6) is 11.5 Å². The first kappa shape index (κ1) is 21.9. The van der Waals surface area contributed by atoms with Crippen LogP contribution in [0.4, 0.5) is 0 Å². The van der Waals surface area contributed by atoms with E-state index < -0.39 is 10.0 Å². The summed E-state index contributed by atoms with van der Waals surface area (Å²) in [6, 6.07) is 8.85. The standard InChI is InChI=1S/C23H25N3O5S/c1-4-30-21-16-7-6-10-25-20(16)22(31-5-2)17-12-26(23(27)19(17)21)18-9-8-15(11-14(18)3)13-32(24,28)29/h6-12,25H,4-5,13H2,1-3H3,(H2,24,28,29). The monoisotopic (exact) mass is 455 g/mol. The van der Waals surface area contributed by atoms with E-state index in [1.807, 2.05) is 32.9 Å². The number of sulfonamides is 1. The van der Waals surface area contributed by atoms with Crippen LogP contribution in [-0.4, -0.2) is 31.2 Å². The van der Waals surface area contributed by atoms with Gasteiger partial charge in [-0.25, -0.2) is 13.6 Å². The average molecular weight is 456 g/mol. The number of aryl methyl sites for hydroxylation is 1. The summed E-state index contributed by atoms with van der Waals surface area (Å²) in [5.74, 6) is 0.821. The molecule has 0 spiro atoms. The maximum Gasteiger partial charge on any atom is 0.266 e. The third-order valence-corrected chi connectivity index (χ3v) is 5.96. The molecule has 0 unspecified atom stereocenters. The number of benzene rings is 2. The van der Waals surface area contributed by atoms with Gasteiger partial charge in [-0.05, 0) is 50.1 Å². The molecular weight excluding hydrogens is 430 g/mol. The van der Waals surface area contributed by atoms with Crippen LogP contribution in [0.15, 0.2) is 47.5 Å². The largest absolute Gasteiger partial charge is 0.492 e. The minimum atomic E-state index is -3.65. The third-order valence-electron chi connectivity index (χ3n) is 5.23. The molecule has 2 heterocycles. The Hall–Kier alpha value is -3.30. The molecule has 0 radical (unpaired) electrons. The van der Waals surface area contributed by atoms with Gasteiger partial charge in [-0.1, -0.05) is 12.1 Å². The molecule has 2 aromatic carbocycles. The Morgan fingerprint density at radius 1 is 1.06 bits per heavy atom. The summed E-state index contributed by atoms with van der Waals surface area (Å²) in [7, 11) is -3.65. The van der Waals surface area contributed by atoms with Crippen molar-refractivity contribution in [1.29, 1.82) is 0 Å². The quantitative estimate of drug-likeness (QED) is 0.443. The zero-order valence-corrected chi connectivity index (χ0v) is 19.0. The highest BCUT2D eigenvalue weighted by atomic mass is 32.2. The molecule has 0 aliphatic rings. The van der Waals surface area contributed by atoms with E-state index in [0.717, 1.165) is 16.5 Å². The van der Waals surface area contributed by atoms with Gasteiger partial charge in [0.1, 0.15) is 5.75 Å². The van der Waals surface area contributed by atoms with Crippen molar-refractivity contribution in [2.45, 2.75) is 26.5 Å². The number of hydrogen-bond acceptors (Lipinski definition) is 5. The number of pyridine rings is 1. The molecule has 0 aliphatic carbocycles. The van der Waals surface area contributed by atoms with Crippen LogP contribution in [-0.2, 0) is 15.8 Å². The second-order valence-electron chi connectivity index (χ2n) is 7.50. The molecule has 0 fully saturated rings. The van der Waals surface area contributed by atoms with Crippen molar-refractivity contribution in [3.8, 4) is 17.2 Å². The molecule has 0 aliphatic heterocycles. The molecule has 0 atom stereocenters. The zero-order valence-electron chi connectivity index (χ0n) is 18.1. The number of ether oxygens (including phenoxy) is 2. The summed E-state index contributed by atoms with van der Waals surface area (Å²) in [6.07, 6.45) is 3.54. The lowest BCUT2D eigenvalue weighted by Crippen LogP contribution is -2.16. The number of aromatic nitrogens is 2. The highest BCUT2D eigenvalue weighted by molar-refractivity contribution is 7.88. The number of primary sulfonamides is 1. The molecule has 0 amide bonds. The fourth-order valence-corrected chi connectivity index (χ4v) is 4.68. The van der Waals surface area contributed by atoms with Crippen molar-refractivity contribution in [2.75, 3.05) is 13.2 Å². The van der Waals surface area contributed by atoms with Gasteiger partial charge < -0.3 is 14.5 Å². The number of nitrogens with two attached hydrogens (primary N) is 1. The van der Waals surface area contributed by atoms with Crippen molar-refractivity contribution in [3.05, 3.63) is 64.2 Å². The van der Waals surface area contributed by atoms with Crippen molar-refractivity contribution in [2.24, 2.45) is 5.14 Å². The molecule has 168 valence electrons. The maximum absolute atomic E-state index is 13.6. The van der Waals surface area contributed by atoms with Gasteiger partial charge in [-0.3, -0.25) is 9.36 Å². The van der Waals surface area contributed by atoms with Gasteiger partial charge in [0.15, 0.2) is 5.75 Å². The number of aromatic amines is 1. The number of hydrogen-bond donors (Lipinski definition) is 2. The van der Waals surface area contributed by atoms with E-state index in [0.29, 0.717) is 46.7 Å². The Bertz CT molecular complexity index is 1490. The van der Waals surface area contributed by atoms with Gasteiger partial charge in [-0.15, -0.1) is 0 Å². The van der Waals surface area contributed by atoms with Gasteiger partial charge in [0.25, 0.3) is 5.56 Å². The van der Waals surface area contributed by atoms with Gasteiger partial charge in [-0.2, -0.15) is 0 Å². The Balaban J connectivity index is 2.02. The minimum absolute atomic E-state index is 0.238. The van der Waals surface area contributed by atoms with E-state index >= 15 is 0 Å². The van der Waals surface area contributed by atoms with Crippen LogP contribution >= 0.6 is 0 Å². The van der Waals surface area contributed by atoms with E-state index in [1.54, 1.807) is 35.2 Å². The lowest BCUT2D eigenvalue weighted by Gasteiger charge is -2.13. The molecule has 0 bridgehead atoms. The van der Waals surface area contributed by atoms with Gasteiger partial charge in [0.05, 0.1) is 40.9 Å². The second kappa shape index (κ2) is 8.33. The summed E-state index contributed by atoms with van der Waals surface area (Å²) in [5, 5.41) is 7.01. The smallest absolute Gasteiger partial charge is 0.266 e. The Morgan fingerprint density at radius 3 is 2.44 bits per heavy atom. The summed E-state index contributed by atoms with van der Waals surface area (Å²) in [5.41, 5.74) is 2.46. The van der Waals surface area contributed by atoms with E-state index in [1.165, 1.54) is 0 Å². The molecule has 8 nitrogen and oxygen atoms in total. The van der Waals surface area contributed by atoms with Crippen molar-refractivity contribution in [1.82, 2.24) is 9.55 Å². The van der Waals surface area contributed by atoms with E-state index in [9.17, 15) is 13.2 Å². The zero-order chi connectivity index (χ0) is 23.0. The fraction of sp³-hybridized carbons (Fsp3) is 0.261. The normalized spacial score (nSPS) is 11.9. The number of fused-ring (bicyclic) bond motifs is 2. The molecule has 0 saturated carbocycles. The molecule has 4 aromatic rings. The molecule has 3 N–H and O–H groups in total. The van der Waals surface area contributed by atoms with E-state index in [4.69, 9.17) is 14.6 Å². The number of nitrogens with zero attached hydrogens (tertiary/aromatic N) is 1. The Labute approximate surface area is 185 Å². The topological polar surface area (TPSA) is 116 Å². The Morgan fingerprint density at radius 2 is 1.78 bits per heavy atom. The van der Waals surface area contributed by atoms with Gasteiger partial charge >= 0.3 is 0 Å². The average Bonchev–Trinajstić information content (AvgIpc) is 3.06. The molecule has 4 rings (SSSR count). The van der Waals surface area contributed by atoms with Crippen molar-refractivity contribution >= 4 is 31.7 Å². The molecule has 2 aromatic heterocycles. The summed E-state index contributed by atoms with van der Waals surface area (Å²) < 4.78 is 36.3. The first-order valence-electron chi connectivity index (χ1n) is 10.3. The molecule has 0 saturated heterocycles. The van der Waals surface area contributed by atoms with Crippen LogP contribution < -0.4 is 20.2 Å². The number of rotatable bonds is 7. The van der Waals surface area contributed by atoms with Crippen LogP contribution in [0, 0.1) is 6.92 Å². The van der Waals surface area contributed by atoms with Crippen LogP contribution in [0.25, 0.3) is 27.4 Å². The third kappa shape index (κ3) is 3.85. The first-order chi connectivity index (χ1) is 15.2. The van der Waals surface area contributed by atoms with Gasteiger partial charge in [0.2, 0.25) is 10.0 Å². The lowest BCUT2D eigenvalue weighted by molar-refractivity contribution is 0.342. The lowest BCUT2D eigenvalue weighted by atomic mass is 10.1. The SMILES string of the molecule is CCOc1c2cn(-c3ccc(CS(N)(=O)=O)cc3C)c(=O)c2c(OCC)c2ccc[nH]c12. The number of H-pyrrole nitrogens is 1. The van der Waals surface area contributed by atoms with Crippen LogP contribution in [0.1, 0.15) is 25.0 Å². The highest BCUT2D eigenvalue weighted by Gasteiger charge is 2.23. The van der Waals surface area contributed by atoms with Crippen LogP contribution in [0.2, 0.25) is 0 Å². The Kier molecular flexibility index (Phi) is 5.70. The summed E-state index contributed by atoms with van der Waals surface area (Å²) >= 11 is 0. The van der Waals surface area contributed by atoms with E-state index in [-0.39, 0.29) is 11.3 Å². The summed E-state index contributed by atoms with van der Waals surface area (Å²) in [6.45, 7) is 6.42. The van der Waals surface area contributed by atoms with E-state index in [2.05, 4.69) is 4.98 Å². The summed E-state index contributed by atoms with van der Waals surface area (Å²) in [4.78, 5) is 16.8. The number of nitrogens with one attached hydrogen (secondary N) is 1. The van der Waals surface area contributed by atoms with Crippen molar-refractivity contribution < 1.29 is 17.9 Å². The molecule has 32 heavy (non-hydrogen) atoms. The second-order valence-corrected chi connectivity index (χ2v) is 9.12. The minimum Gasteiger partial charge on any atom is -0.492 e. The van der Waals surface area contributed by atoms with Crippen LogP contribution in [0.3, 0.4) is 0 Å². The molecular formula is C23H25N3O5S.